The van der Waals surface area contributed by atoms with Gasteiger partial charge in [0, 0.05) is 19.2 Å². The Hall–Kier alpha value is -3.85. The van der Waals surface area contributed by atoms with E-state index < -0.39 is 59.1 Å². The fourth-order valence-corrected chi connectivity index (χ4v) is 4.05. The second kappa shape index (κ2) is 16.3. The van der Waals surface area contributed by atoms with Gasteiger partial charge in [0.1, 0.15) is 0 Å². The molecule has 2 aromatic rings. The number of ether oxygens (including phenoxy) is 3. The number of benzene rings is 2. The Kier molecular flexibility index (Phi) is 14.1. The zero-order valence-corrected chi connectivity index (χ0v) is 25.0. The molecule has 0 radical (unpaired) electrons. The molecule has 44 heavy (non-hydrogen) atoms. The van der Waals surface area contributed by atoms with Gasteiger partial charge in [0.25, 0.3) is 0 Å². The summed E-state index contributed by atoms with van der Waals surface area (Å²) in [6.07, 6.45) is -10.4. The number of rotatable bonds is 10. The number of esters is 2. The molecule has 0 heterocycles. The maximum atomic E-state index is 13.2. The van der Waals surface area contributed by atoms with E-state index in [1.807, 2.05) is 6.92 Å². The highest BCUT2D eigenvalue weighted by Gasteiger charge is 2.38. The molecule has 246 valence electrons. The maximum absolute atomic E-state index is 13.2. The number of carbonyl (C=O) groups is 3. The molecule has 2 unspecified atom stereocenters. The van der Waals surface area contributed by atoms with Crippen molar-refractivity contribution in [2.24, 2.45) is 0 Å². The first-order chi connectivity index (χ1) is 20.4. The van der Waals surface area contributed by atoms with Crippen LogP contribution >= 0.6 is 0 Å². The van der Waals surface area contributed by atoms with Crippen molar-refractivity contribution < 1.29 is 60.0 Å². The Labute approximate surface area is 250 Å². The molecule has 2 rings (SSSR count). The summed E-state index contributed by atoms with van der Waals surface area (Å²) in [5.74, 6) is -2.33. The summed E-state index contributed by atoms with van der Waals surface area (Å²) in [7, 11) is 2.21. The summed E-state index contributed by atoms with van der Waals surface area (Å²) in [5, 5.41) is 11.9. The number of alkyl halides is 6. The molecule has 2 aromatic carbocycles. The molecule has 1 amide bonds. The van der Waals surface area contributed by atoms with Crippen molar-refractivity contribution in [3.8, 4) is 0 Å². The minimum Gasteiger partial charge on any atom is -0.465 e. The minimum absolute atomic E-state index is 0.0309. The van der Waals surface area contributed by atoms with E-state index in [4.69, 9.17) is 10.5 Å². The largest absolute Gasteiger partial charge is 0.465 e. The number of halogens is 6. The van der Waals surface area contributed by atoms with Crippen LogP contribution in [-0.4, -0.2) is 43.8 Å². The first-order valence-electron chi connectivity index (χ1n) is 13.4. The van der Waals surface area contributed by atoms with Crippen LogP contribution in [0.1, 0.15) is 102 Å². The molecule has 0 saturated heterocycles. The number of hydrogen-bond acceptors (Lipinski definition) is 8. The average Bonchev–Trinajstić information content (AvgIpc) is 2.95. The third-order valence-electron chi connectivity index (χ3n) is 6.13. The standard InChI is InChI=1S/C15H20F3NO3.C14H16F3NO4/c1-4-6-22-13(5-2)9-7-10(14(20)21-3)12(19)8-11(9)15(16,17)18;1-4-12(20)8-5-9(13(21)22-3)11(18-7(2)19)6-10(8)14(15,16)17/h7-8,13H,4-6,19H2,1-3H3;5-6,12,20H,4H2,1-3H3,(H,18,19). The van der Waals surface area contributed by atoms with Crippen LogP contribution in [0.4, 0.5) is 37.7 Å². The predicted octanol–water partition coefficient (Wildman–Crippen LogP) is 6.85. The van der Waals surface area contributed by atoms with E-state index in [-0.39, 0.29) is 34.5 Å². The zero-order valence-electron chi connectivity index (χ0n) is 25.0. The van der Waals surface area contributed by atoms with Crippen molar-refractivity contribution in [2.45, 2.75) is 71.5 Å². The number of methoxy groups -OCH3 is 2. The number of anilines is 2. The van der Waals surface area contributed by atoms with E-state index in [1.165, 1.54) is 6.92 Å². The van der Waals surface area contributed by atoms with E-state index in [0.717, 1.165) is 39.3 Å². The Morgan fingerprint density at radius 3 is 1.77 bits per heavy atom. The van der Waals surface area contributed by atoms with Crippen molar-refractivity contribution in [1.29, 1.82) is 0 Å². The van der Waals surface area contributed by atoms with Gasteiger partial charge in [-0.15, -0.1) is 0 Å². The molecule has 9 nitrogen and oxygen atoms in total. The van der Waals surface area contributed by atoms with Crippen molar-refractivity contribution >= 4 is 29.2 Å². The molecule has 2 atom stereocenters. The number of carbonyl (C=O) groups excluding carboxylic acids is 3. The molecule has 0 aliphatic heterocycles. The Morgan fingerprint density at radius 1 is 0.841 bits per heavy atom. The van der Waals surface area contributed by atoms with Gasteiger partial charge in [0.2, 0.25) is 5.91 Å². The summed E-state index contributed by atoms with van der Waals surface area (Å²) in [4.78, 5) is 34.5. The highest BCUT2D eigenvalue weighted by Crippen LogP contribution is 2.40. The summed E-state index contributed by atoms with van der Waals surface area (Å²) < 4.78 is 93.6. The molecule has 0 aliphatic carbocycles. The van der Waals surface area contributed by atoms with Crippen LogP contribution in [0.3, 0.4) is 0 Å². The Morgan fingerprint density at radius 2 is 1.34 bits per heavy atom. The molecule has 0 bridgehead atoms. The molecule has 0 fully saturated rings. The number of aliphatic hydroxyl groups is 1. The molecular formula is C29H36F6N2O7. The third kappa shape index (κ3) is 10.1. The maximum Gasteiger partial charge on any atom is 0.416 e. The SMILES string of the molecule is CCC(O)c1cc(C(=O)OC)c(NC(C)=O)cc1C(F)(F)F.CCCOC(CC)c1cc(C(=O)OC)c(N)cc1C(F)(F)F. The normalized spacial score (nSPS) is 12.8. The fourth-order valence-electron chi connectivity index (χ4n) is 4.05. The summed E-state index contributed by atoms with van der Waals surface area (Å²) in [6, 6.07) is 3.41. The van der Waals surface area contributed by atoms with Gasteiger partial charge < -0.3 is 30.4 Å². The minimum atomic E-state index is -4.74. The van der Waals surface area contributed by atoms with Crippen LogP contribution in [0.2, 0.25) is 0 Å². The lowest BCUT2D eigenvalue weighted by atomic mass is 9.96. The van der Waals surface area contributed by atoms with Gasteiger partial charge in [-0.25, -0.2) is 9.59 Å². The zero-order chi connectivity index (χ0) is 34.0. The second-order valence-corrected chi connectivity index (χ2v) is 9.36. The van der Waals surface area contributed by atoms with Crippen LogP contribution in [0.15, 0.2) is 24.3 Å². The predicted molar refractivity (Wildman–Crippen MR) is 149 cm³/mol. The summed E-state index contributed by atoms with van der Waals surface area (Å²) in [5.41, 5.74) is 2.08. The van der Waals surface area contributed by atoms with Crippen LogP contribution in [0.25, 0.3) is 0 Å². The van der Waals surface area contributed by atoms with Crippen LogP contribution < -0.4 is 11.1 Å². The second-order valence-electron chi connectivity index (χ2n) is 9.36. The molecule has 0 saturated carbocycles. The lowest BCUT2D eigenvalue weighted by Crippen LogP contribution is -2.18. The van der Waals surface area contributed by atoms with Crippen molar-refractivity contribution in [1.82, 2.24) is 0 Å². The van der Waals surface area contributed by atoms with E-state index in [1.54, 1.807) is 6.92 Å². The van der Waals surface area contributed by atoms with Gasteiger partial charge in [-0.3, -0.25) is 4.79 Å². The summed E-state index contributed by atoms with van der Waals surface area (Å²) >= 11 is 0. The van der Waals surface area contributed by atoms with E-state index >= 15 is 0 Å². The molecule has 0 aromatic heterocycles. The van der Waals surface area contributed by atoms with Gasteiger partial charge in [0.15, 0.2) is 0 Å². The van der Waals surface area contributed by atoms with Crippen molar-refractivity contribution in [3.63, 3.8) is 0 Å². The Bertz CT molecular complexity index is 1310. The Balaban J connectivity index is 0.000000440. The highest BCUT2D eigenvalue weighted by molar-refractivity contribution is 6.01. The van der Waals surface area contributed by atoms with Gasteiger partial charge in [0.05, 0.1) is 54.4 Å². The number of nitrogens with one attached hydrogen (secondary N) is 1. The van der Waals surface area contributed by atoms with Gasteiger partial charge in [-0.2, -0.15) is 26.3 Å². The number of nitrogens with two attached hydrogens (primary N) is 1. The fraction of sp³-hybridized carbons (Fsp3) is 0.483. The first kappa shape index (κ1) is 38.2. The van der Waals surface area contributed by atoms with Crippen LogP contribution in [0.5, 0.6) is 0 Å². The smallest absolute Gasteiger partial charge is 0.416 e. The molecular weight excluding hydrogens is 602 g/mol. The number of nitrogen functional groups attached to an aromatic ring is 1. The number of hydrogen-bond donors (Lipinski definition) is 3. The molecule has 4 N–H and O–H groups in total. The quantitative estimate of drug-likeness (QED) is 0.146. The lowest BCUT2D eigenvalue weighted by molar-refractivity contribution is -0.140. The van der Waals surface area contributed by atoms with E-state index in [2.05, 4.69) is 14.8 Å². The molecule has 0 aliphatic rings. The van der Waals surface area contributed by atoms with Gasteiger partial charge in [-0.05, 0) is 54.7 Å². The third-order valence-corrected chi connectivity index (χ3v) is 6.13. The highest BCUT2D eigenvalue weighted by atomic mass is 19.4. The van der Waals surface area contributed by atoms with Crippen LogP contribution in [-0.2, 0) is 31.4 Å². The lowest BCUT2D eigenvalue weighted by Gasteiger charge is -2.22. The summed E-state index contributed by atoms with van der Waals surface area (Å²) in [6.45, 7) is 6.51. The van der Waals surface area contributed by atoms with Crippen LogP contribution in [0, 0.1) is 0 Å². The van der Waals surface area contributed by atoms with Crippen molar-refractivity contribution in [2.75, 3.05) is 31.9 Å². The first-order valence-corrected chi connectivity index (χ1v) is 13.4. The molecule has 0 spiro atoms. The van der Waals surface area contributed by atoms with Gasteiger partial charge >= 0.3 is 24.3 Å². The monoisotopic (exact) mass is 638 g/mol. The average molecular weight is 639 g/mol. The van der Waals surface area contributed by atoms with Gasteiger partial charge in [-0.1, -0.05) is 20.8 Å². The van der Waals surface area contributed by atoms with E-state index in [0.29, 0.717) is 25.5 Å². The van der Waals surface area contributed by atoms with Crippen molar-refractivity contribution in [3.05, 3.63) is 57.6 Å². The molecule has 15 heteroatoms. The number of amides is 1. The number of aliphatic hydroxyl groups excluding tert-OH is 1. The topological polar surface area (TPSA) is 137 Å². The van der Waals surface area contributed by atoms with E-state index in [9.17, 15) is 45.8 Å².